The molecule has 2 heterocycles. The van der Waals surface area contributed by atoms with Crippen LogP contribution in [0.4, 0.5) is 0 Å². The normalized spacial score (nSPS) is 12.3. The van der Waals surface area contributed by atoms with E-state index in [0.29, 0.717) is 11.0 Å². The number of nitrogens with one attached hydrogen (secondary N) is 1. The average Bonchev–Trinajstić information content (AvgIpc) is 3.06. The number of hydrogen-bond acceptors (Lipinski definition) is 6. The van der Waals surface area contributed by atoms with Crippen LogP contribution in [0.1, 0.15) is 26.7 Å². The Morgan fingerprint density at radius 2 is 2.38 bits per heavy atom. The van der Waals surface area contributed by atoms with Gasteiger partial charge in [-0.3, -0.25) is 4.79 Å². The van der Waals surface area contributed by atoms with Gasteiger partial charge in [-0.1, -0.05) is 31.2 Å². The van der Waals surface area contributed by atoms with Gasteiger partial charge < -0.3 is 11.2 Å². The Bertz CT molecular complexity index is 581. The number of thioether (sulfide) groups is 1. The maximum absolute atomic E-state index is 11.8. The molecule has 0 aromatic carbocycles. The molecule has 0 saturated heterocycles. The minimum Gasteiger partial charge on any atom is -0.353 e. The number of nitrogen functional groups attached to an aromatic ring is 1. The summed E-state index contributed by atoms with van der Waals surface area (Å²) in [5.41, 5.74) is 0. The maximum atomic E-state index is 11.8. The molecule has 114 valence electrons. The van der Waals surface area contributed by atoms with Crippen molar-refractivity contribution in [2.45, 2.75) is 37.9 Å². The lowest BCUT2D eigenvalue weighted by Gasteiger charge is -2.12. The Kier molecular flexibility index (Phi) is 5.63. The number of carbonyl (C=O) groups is 1. The number of hydrogen-bond donors (Lipinski definition) is 2. The van der Waals surface area contributed by atoms with E-state index in [-0.39, 0.29) is 17.7 Å². The van der Waals surface area contributed by atoms with Crippen LogP contribution in [0, 0.1) is 0 Å². The van der Waals surface area contributed by atoms with Crippen molar-refractivity contribution in [1.29, 1.82) is 0 Å². The average molecular weight is 325 g/mol. The van der Waals surface area contributed by atoms with Crippen molar-refractivity contribution in [3.8, 4) is 10.7 Å². The Hall–Kier alpha value is -1.54. The van der Waals surface area contributed by atoms with Crippen LogP contribution in [-0.2, 0) is 4.79 Å². The zero-order valence-corrected chi connectivity index (χ0v) is 13.7. The topological polar surface area (TPSA) is 85.8 Å². The van der Waals surface area contributed by atoms with Crippen molar-refractivity contribution in [2.75, 3.05) is 11.6 Å². The molecule has 6 nitrogen and oxygen atoms in total. The fraction of sp³-hybridized carbons (Fsp3) is 0.462. The molecule has 0 aliphatic rings. The summed E-state index contributed by atoms with van der Waals surface area (Å²) in [6, 6.07) is 4.07. The van der Waals surface area contributed by atoms with E-state index >= 15 is 0 Å². The van der Waals surface area contributed by atoms with E-state index in [1.54, 1.807) is 11.3 Å². The lowest BCUT2D eigenvalue weighted by Crippen LogP contribution is -2.33. The van der Waals surface area contributed by atoms with Gasteiger partial charge in [0, 0.05) is 6.04 Å². The molecule has 0 unspecified atom stereocenters. The van der Waals surface area contributed by atoms with Crippen molar-refractivity contribution < 1.29 is 4.79 Å². The van der Waals surface area contributed by atoms with Crippen LogP contribution in [0.5, 0.6) is 0 Å². The number of carbonyl (C=O) groups excluding carboxylic acids is 1. The number of thiophene rings is 1. The fourth-order valence-corrected chi connectivity index (χ4v) is 3.27. The second-order valence-corrected chi connectivity index (χ2v) is 6.59. The number of rotatable bonds is 7. The van der Waals surface area contributed by atoms with Crippen molar-refractivity contribution >= 4 is 29.0 Å². The van der Waals surface area contributed by atoms with Crippen molar-refractivity contribution in [3.05, 3.63) is 17.5 Å². The molecular formula is C13H19N5OS2. The number of nitrogens with two attached hydrogens (primary N) is 1. The first kappa shape index (κ1) is 15.8. The largest absolute Gasteiger partial charge is 0.353 e. The summed E-state index contributed by atoms with van der Waals surface area (Å²) in [6.07, 6.45) is 2.03. The minimum absolute atomic E-state index is 0.0124. The smallest absolute Gasteiger partial charge is 0.230 e. The first-order chi connectivity index (χ1) is 10.1. The van der Waals surface area contributed by atoms with Gasteiger partial charge in [0.1, 0.15) is 0 Å². The van der Waals surface area contributed by atoms with E-state index < -0.39 is 0 Å². The highest BCUT2D eigenvalue weighted by Crippen LogP contribution is 2.24. The van der Waals surface area contributed by atoms with Gasteiger partial charge in [0.25, 0.3) is 0 Å². The molecule has 2 aromatic rings. The molecule has 0 aliphatic carbocycles. The second kappa shape index (κ2) is 7.46. The zero-order valence-electron chi connectivity index (χ0n) is 12.1. The quantitative estimate of drug-likeness (QED) is 0.601. The van der Waals surface area contributed by atoms with Gasteiger partial charge >= 0.3 is 0 Å². The van der Waals surface area contributed by atoms with E-state index in [1.807, 2.05) is 24.4 Å². The summed E-state index contributed by atoms with van der Waals surface area (Å²) in [5.74, 6) is 6.87. The SMILES string of the molecule is CCC[C@@H](C)NC(=O)CSc1nnc(-c2cccs2)n1N. The maximum Gasteiger partial charge on any atom is 0.230 e. The second-order valence-electron chi connectivity index (χ2n) is 4.70. The summed E-state index contributed by atoms with van der Waals surface area (Å²) in [5, 5.41) is 13.6. The Balaban J connectivity index is 1.91. The molecule has 2 rings (SSSR count). The minimum atomic E-state index is -0.0124. The van der Waals surface area contributed by atoms with Crippen LogP contribution >= 0.6 is 23.1 Å². The van der Waals surface area contributed by atoms with Crippen LogP contribution < -0.4 is 11.2 Å². The van der Waals surface area contributed by atoms with Crippen molar-refractivity contribution in [2.24, 2.45) is 0 Å². The Morgan fingerprint density at radius 1 is 1.57 bits per heavy atom. The highest BCUT2D eigenvalue weighted by Gasteiger charge is 2.14. The van der Waals surface area contributed by atoms with Gasteiger partial charge in [0.05, 0.1) is 10.6 Å². The third kappa shape index (κ3) is 4.21. The molecule has 0 spiro atoms. The molecule has 0 fully saturated rings. The predicted molar refractivity (Wildman–Crippen MR) is 86.7 cm³/mol. The third-order valence-corrected chi connectivity index (χ3v) is 4.68. The first-order valence-electron chi connectivity index (χ1n) is 6.78. The summed E-state index contributed by atoms with van der Waals surface area (Å²) in [7, 11) is 0. The highest BCUT2D eigenvalue weighted by atomic mass is 32.2. The number of nitrogens with zero attached hydrogens (tertiary/aromatic N) is 3. The van der Waals surface area contributed by atoms with Gasteiger partial charge in [-0.25, -0.2) is 4.68 Å². The van der Waals surface area contributed by atoms with Crippen LogP contribution in [0.25, 0.3) is 10.7 Å². The molecule has 0 saturated carbocycles. The van der Waals surface area contributed by atoms with Crippen molar-refractivity contribution in [1.82, 2.24) is 20.2 Å². The van der Waals surface area contributed by atoms with Gasteiger partial charge in [-0.05, 0) is 24.8 Å². The third-order valence-electron chi connectivity index (χ3n) is 2.87. The summed E-state index contributed by atoms with van der Waals surface area (Å²) < 4.78 is 1.43. The summed E-state index contributed by atoms with van der Waals surface area (Å²) in [6.45, 7) is 4.10. The molecule has 1 atom stereocenters. The van der Waals surface area contributed by atoms with Gasteiger partial charge in [-0.2, -0.15) is 0 Å². The molecule has 8 heteroatoms. The molecule has 3 N–H and O–H groups in total. The van der Waals surface area contributed by atoms with Crippen molar-refractivity contribution in [3.63, 3.8) is 0 Å². The standard InChI is InChI=1S/C13H19N5OS2/c1-3-5-9(2)15-11(19)8-21-13-17-16-12(18(13)14)10-6-4-7-20-10/h4,6-7,9H,3,5,8,14H2,1-2H3,(H,15,19)/t9-/m1/s1. The molecule has 0 aliphatic heterocycles. The number of aromatic nitrogens is 3. The van der Waals surface area contributed by atoms with Crippen LogP contribution in [0.15, 0.2) is 22.7 Å². The van der Waals surface area contributed by atoms with Gasteiger partial charge in [0.2, 0.25) is 11.1 Å². The lowest BCUT2D eigenvalue weighted by atomic mass is 10.2. The monoisotopic (exact) mass is 325 g/mol. The van der Waals surface area contributed by atoms with E-state index in [2.05, 4.69) is 22.4 Å². The summed E-state index contributed by atoms with van der Waals surface area (Å²) in [4.78, 5) is 12.8. The molecule has 2 aromatic heterocycles. The molecule has 1 amide bonds. The van der Waals surface area contributed by atoms with Gasteiger partial charge in [-0.15, -0.1) is 21.5 Å². The van der Waals surface area contributed by atoms with E-state index in [4.69, 9.17) is 5.84 Å². The highest BCUT2D eigenvalue weighted by molar-refractivity contribution is 7.99. The Morgan fingerprint density at radius 3 is 3.05 bits per heavy atom. The van der Waals surface area contributed by atoms with Crippen LogP contribution in [-0.4, -0.2) is 32.6 Å². The first-order valence-corrected chi connectivity index (χ1v) is 8.64. The van der Waals surface area contributed by atoms with Gasteiger partial charge in [0.15, 0.2) is 5.82 Å². The van der Waals surface area contributed by atoms with Crippen LogP contribution in [0.3, 0.4) is 0 Å². The molecule has 0 bridgehead atoms. The number of amides is 1. The fourth-order valence-electron chi connectivity index (χ4n) is 1.90. The molecule has 0 radical (unpaired) electrons. The van der Waals surface area contributed by atoms with E-state index in [1.165, 1.54) is 16.4 Å². The van der Waals surface area contributed by atoms with Crippen LogP contribution in [0.2, 0.25) is 0 Å². The Labute approximate surface area is 132 Å². The van der Waals surface area contributed by atoms with E-state index in [9.17, 15) is 4.79 Å². The molecule has 21 heavy (non-hydrogen) atoms. The predicted octanol–water partition coefficient (Wildman–Crippen LogP) is 2.12. The molecular weight excluding hydrogens is 306 g/mol. The van der Waals surface area contributed by atoms with E-state index in [0.717, 1.165) is 17.7 Å². The lowest BCUT2D eigenvalue weighted by molar-refractivity contribution is -0.119. The zero-order chi connectivity index (χ0) is 15.2. The summed E-state index contributed by atoms with van der Waals surface area (Å²) >= 11 is 2.84.